The molecular formula is C15H12F3N3S. The van der Waals surface area contributed by atoms with E-state index in [-0.39, 0.29) is 0 Å². The number of fused-ring (bicyclic) bond motifs is 1. The number of hydrogen-bond acceptors (Lipinski definition) is 3. The highest BCUT2D eigenvalue weighted by Gasteiger charge is 2.30. The average Bonchev–Trinajstić information content (AvgIpc) is 2.48. The number of amidine groups is 1. The Morgan fingerprint density at radius 1 is 1.18 bits per heavy atom. The summed E-state index contributed by atoms with van der Waals surface area (Å²) in [6, 6.07) is 8.71. The van der Waals surface area contributed by atoms with Crippen LogP contribution in [-0.4, -0.2) is 22.1 Å². The zero-order valence-electron chi connectivity index (χ0n) is 11.6. The molecule has 0 saturated carbocycles. The Labute approximate surface area is 129 Å². The molecule has 1 aliphatic rings. The minimum absolute atomic E-state index is 0.488. The molecule has 114 valence electrons. The Morgan fingerprint density at radius 2 is 1.91 bits per heavy atom. The first-order chi connectivity index (χ1) is 10.4. The van der Waals surface area contributed by atoms with Crippen LogP contribution in [-0.2, 0) is 12.7 Å². The minimum Gasteiger partial charge on any atom is -0.349 e. The number of hydrogen-bond donors (Lipinski definition) is 0. The molecule has 0 fully saturated rings. The summed E-state index contributed by atoms with van der Waals surface area (Å²) < 4.78 is 37.6. The van der Waals surface area contributed by atoms with Crippen molar-refractivity contribution in [3.05, 3.63) is 53.7 Å². The fourth-order valence-corrected chi connectivity index (χ4v) is 2.99. The summed E-state index contributed by atoms with van der Waals surface area (Å²) >= 11 is 1.41. The maximum atomic E-state index is 12.5. The lowest BCUT2D eigenvalue weighted by atomic mass is 10.2. The first kappa shape index (κ1) is 14.9. The molecule has 1 aromatic heterocycles. The van der Waals surface area contributed by atoms with E-state index >= 15 is 0 Å². The van der Waals surface area contributed by atoms with Crippen molar-refractivity contribution in [2.75, 3.05) is 7.05 Å². The first-order valence-corrected chi connectivity index (χ1v) is 7.34. The van der Waals surface area contributed by atoms with Crippen LogP contribution in [0.1, 0.15) is 11.1 Å². The van der Waals surface area contributed by atoms with Gasteiger partial charge in [-0.3, -0.25) is 0 Å². The molecular weight excluding hydrogens is 311 g/mol. The van der Waals surface area contributed by atoms with E-state index in [0.29, 0.717) is 17.4 Å². The van der Waals surface area contributed by atoms with E-state index in [9.17, 15) is 13.2 Å². The topological polar surface area (TPSA) is 28.5 Å². The largest absolute Gasteiger partial charge is 0.416 e. The molecule has 0 radical (unpaired) electrons. The van der Waals surface area contributed by atoms with E-state index in [1.54, 1.807) is 6.20 Å². The molecule has 22 heavy (non-hydrogen) atoms. The molecule has 7 heteroatoms. The van der Waals surface area contributed by atoms with Crippen LogP contribution in [0.4, 0.5) is 18.9 Å². The molecule has 0 spiro atoms. The van der Waals surface area contributed by atoms with Crippen molar-refractivity contribution >= 4 is 22.6 Å². The van der Waals surface area contributed by atoms with Crippen molar-refractivity contribution in [1.82, 2.24) is 9.88 Å². The highest BCUT2D eigenvalue weighted by Crippen LogP contribution is 2.33. The van der Waals surface area contributed by atoms with Crippen LogP contribution in [0.5, 0.6) is 0 Å². The smallest absolute Gasteiger partial charge is 0.349 e. The summed E-state index contributed by atoms with van der Waals surface area (Å²) in [5, 5.41) is 1.59. The van der Waals surface area contributed by atoms with Gasteiger partial charge in [-0.15, -0.1) is 0 Å². The van der Waals surface area contributed by atoms with Gasteiger partial charge in [-0.05, 0) is 42.1 Å². The van der Waals surface area contributed by atoms with E-state index in [1.807, 2.05) is 24.1 Å². The van der Waals surface area contributed by atoms with E-state index in [2.05, 4.69) is 9.98 Å². The second kappa shape index (κ2) is 5.64. The second-order valence-electron chi connectivity index (χ2n) is 4.86. The quantitative estimate of drug-likeness (QED) is 0.782. The van der Waals surface area contributed by atoms with Crippen LogP contribution in [0.25, 0.3) is 0 Å². The Morgan fingerprint density at radius 3 is 2.59 bits per heavy atom. The Balaban J connectivity index is 1.86. The maximum Gasteiger partial charge on any atom is 0.416 e. The molecule has 3 nitrogen and oxygen atoms in total. The molecule has 2 aromatic rings. The molecule has 1 aliphatic heterocycles. The molecule has 0 saturated heterocycles. The van der Waals surface area contributed by atoms with Gasteiger partial charge in [0.1, 0.15) is 5.03 Å². The SMILES string of the molecule is CN1Cc2cccnc2SC1=Nc1ccc(C(F)(F)F)cc1. The lowest BCUT2D eigenvalue weighted by Crippen LogP contribution is -2.27. The Kier molecular flexibility index (Phi) is 3.82. The first-order valence-electron chi connectivity index (χ1n) is 6.52. The number of aromatic nitrogens is 1. The number of thioether (sulfide) groups is 1. The third-order valence-electron chi connectivity index (χ3n) is 3.19. The van der Waals surface area contributed by atoms with Gasteiger partial charge in [-0.1, -0.05) is 6.07 Å². The molecule has 0 unspecified atom stereocenters. The van der Waals surface area contributed by atoms with Gasteiger partial charge >= 0.3 is 6.18 Å². The normalized spacial score (nSPS) is 16.7. The Bertz CT molecular complexity index is 711. The third kappa shape index (κ3) is 3.09. The van der Waals surface area contributed by atoms with Crippen LogP contribution >= 0.6 is 11.8 Å². The van der Waals surface area contributed by atoms with Crippen molar-refractivity contribution in [2.24, 2.45) is 4.99 Å². The molecule has 0 amide bonds. The molecule has 0 bridgehead atoms. The summed E-state index contributed by atoms with van der Waals surface area (Å²) in [5.74, 6) is 0. The molecule has 2 heterocycles. The zero-order chi connectivity index (χ0) is 15.7. The number of rotatable bonds is 1. The average molecular weight is 323 g/mol. The van der Waals surface area contributed by atoms with Crippen molar-refractivity contribution in [2.45, 2.75) is 17.7 Å². The molecule has 1 aromatic carbocycles. The van der Waals surface area contributed by atoms with Gasteiger partial charge in [0.15, 0.2) is 5.17 Å². The Hall–Kier alpha value is -2.02. The van der Waals surface area contributed by atoms with Gasteiger partial charge in [0.05, 0.1) is 11.3 Å². The summed E-state index contributed by atoms with van der Waals surface area (Å²) in [5.41, 5.74) is 0.927. The van der Waals surface area contributed by atoms with Gasteiger partial charge < -0.3 is 4.90 Å². The third-order valence-corrected chi connectivity index (χ3v) is 4.34. The monoisotopic (exact) mass is 323 g/mol. The lowest BCUT2D eigenvalue weighted by Gasteiger charge is -2.26. The van der Waals surface area contributed by atoms with Crippen molar-refractivity contribution in [1.29, 1.82) is 0 Å². The van der Waals surface area contributed by atoms with Crippen LogP contribution in [0, 0.1) is 0 Å². The van der Waals surface area contributed by atoms with Gasteiger partial charge in [-0.25, -0.2) is 9.98 Å². The van der Waals surface area contributed by atoms with Gasteiger partial charge in [0, 0.05) is 25.4 Å². The molecule has 0 N–H and O–H groups in total. The van der Waals surface area contributed by atoms with E-state index in [1.165, 1.54) is 23.9 Å². The number of alkyl halides is 3. The lowest BCUT2D eigenvalue weighted by molar-refractivity contribution is -0.137. The number of pyridine rings is 1. The van der Waals surface area contributed by atoms with Crippen molar-refractivity contribution in [3.63, 3.8) is 0 Å². The van der Waals surface area contributed by atoms with Crippen LogP contribution in [0.3, 0.4) is 0 Å². The molecule has 3 rings (SSSR count). The number of nitrogens with zero attached hydrogens (tertiary/aromatic N) is 3. The van der Waals surface area contributed by atoms with Gasteiger partial charge in [-0.2, -0.15) is 13.2 Å². The second-order valence-corrected chi connectivity index (χ2v) is 5.82. The number of aliphatic imine (C=N–C) groups is 1. The summed E-state index contributed by atoms with van der Waals surface area (Å²) in [6.07, 6.45) is -2.61. The minimum atomic E-state index is -4.33. The standard InChI is InChI=1S/C15H12F3N3S/c1-21-9-10-3-2-8-19-13(10)22-14(21)20-12-6-4-11(5-7-12)15(16,17)18/h2-8H,9H2,1H3. The van der Waals surface area contributed by atoms with E-state index < -0.39 is 11.7 Å². The summed E-state index contributed by atoms with van der Waals surface area (Å²) in [7, 11) is 1.89. The van der Waals surface area contributed by atoms with E-state index in [0.717, 1.165) is 22.7 Å². The van der Waals surface area contributed by atoms with Crippen LogP contribution in [0.15, 0.2) is 52.6 Å². The van der Waals surface area contributed by atoms with E-state index in [4.69, 9.17) is 0 Å². The maximum absolute atomic E-state index is 12.5. The van der Waals surface area contributed by atoms with Crippen molar-refractivity contribution in [3.8, 4) is 0 Å². The molecule has 0 atom stereocenters. The highest BCUT2D eigenvalue weighted by atomic mass is 32.2. The fourth-order valence-electron chi connectivity index (χ4n) is 2.07. The highest BCUT2D eigenvalue weighted by molar-refractivity contribution is 8.13. The predicted molar refractivity (Wildman–Crippen MR) is 80.1 cm³/mol. The van der Waals surface area contributed by atoms with Gasteiger partial charge in [0.2, 0.25) is 0 Å². The predicted octanol–water partition coefficient (Wildman–Crippen LogP) is 4.33. The van der Waals surface area contributed by atoms with Crippen LogP contribution < -0.4 is 0 Å². The summed E-state index contributed by atoms with van der Waals surface area (Å²) in [4.78, 5) is 10.7. The fraction of sp³-hybridized carbons (Fsp3) is 0.200. The number of halogens is 3. The van der Waals surface area contributed by atoms with Crippen molar-refractivity contribution < 1.29 is 13.2 Å². The van der Waals surface area contributed by atoms with Crippen LogP contribution in [0.2, 0.25) is 0 Å². The molecule has 0 aliphatic carbocycles. The summed E-state index contributed by atoms with van der Waals surface area (Å²) in [6.45, 7) is 0.676. The zero-order valence-corrected chi connectivity index (χ0v) is 12.4. The van der Waals surface area contributed by atoms with Gasteiger partial charge in [0.25, 0.3) is 0 Å². The number of benzene rings is 1.